The van der Waals surface area contributed by atoms with Gasteiger partial charge in [-0.15, -0.1) is 0 Å². The SMILES string of the molecule is CC(C)(C)[Si](O[C@@H]1C[C@@H]2OCO[C@@H]2C1)(c1ccccc1)c1ccccc1. The summed E-state index contributed by atoms with van der Waals surface area (Å²) in [7, 11) is -2.47. The van der Waals surface area contributed by atoms with Gasteiger partial charge in [0.05, 0.1) is 18.3 Å². The average molecular weight is 369 g/mol. The van der Waals surface area contributed by atoms with E-state index in [1.807, 2.05) is 0 Å². The van der Waals surface area contributed by atoms with Gasteiger partial charge in [-0.1, -0.05) is 81.4 Å². The molecule has 4 rings (SSSR count). The lowest BCUT2D eigenvalue weighted by molar-refractivity contribution is 0.0109. The molecule has 3 nitrogen and oxygen atoms in total. The second kappa shape index (κ2) is 6.93. The lowest BCUT2D eigenvalue weighted by Crippen LogP contribution is -2.67. The molecule has 0 unspecified atom stereocenters. The van der Waals surface area contributed by atoms with Crippen LogP contribution in [0.3, 0.4) is 0 Å². The zero-order valence-corrected chi connectivity index (χ0v) is 16.9. The number of fused-ring (bicyclic) bond motifs is 1. The third-order valence-electron chi connectivity index (χ3n) is 5.73. The van der Waals surface area contributed by atoms with Crippen molar-refractivity contribution in [2.45, 2.75) is 57.0 Å². The van der Waals surface area contributed by atoms with Gasteiger partial charge in [-0.3, -0.25) is 0 Å². The molecule has 0 bridgehead atoms. The molecular weight excluding hydrogens is 340 g/mol. The van der Waals surface area contributed by atoms with Gasteiger partial charge in [-0.05, 0) is 15.4 Å². The summed E-state index contributed by atoms with van der Waals surface area (Å²) >= 11 is 0. The number of ether oxygens (including phenoxy) is 2. The smallest absolute Gasteiger partial charge is 0.261 e. The average Bonchev–Trinajstić information content (AvgIpc) is 3.21. The van der Waals surface area contributed by atoms with Crippen LogP contribution in [0.15, 0.2) is 60.7 Å². The first kappa shape index (κ1) is 17.9. The Balaban J connectivity index is 1.78. The molecule has 2 aliphatic rings. The van der Waals surface area contributed by atoms with E-state index in [9.17, 15) is 0 Å². The summed E-state index contributed by atoms with van der Waals surface area (Å²) in [5.41, 5.74) is 0. The third-order valence-corrected chi connectivity index (χ3v) is 10.8. The Kier molecular flexibility index (Phi) is 4.78. The minimum Gasteiger partial charge on any atom is -0.404 e. The van der Waals surface area contributed by atoms with Crippen molar-refractivity contribution < 1.29 is 13.9 Å². The molecule has 2 fully saturated rings. The van der Waals surface area contributed by atoms with Crippen molar-refractivity contribution >= 4 is 18.7 Å². The lowest BCUT2D eigenvalue weighted by Gasteiger charge is -2.44. The number of hydrogen-bond donors (Lipinski definition) is 0. The minimum absolute atomic E-state index is 0.00905. The van der Waals surface area contributed by atoms with Crippen LogP contribution in [-0.4, -0.2) is 33.4 Å². The van der Waals surface area contributed by atoms with Gasteiger partial charge in [0.2, 0.25) is 0 Å². The second-order valence-corrected chi connectivity index (χ2v) is 12.7. The molecule has 1 aliphatic carbocycles. The summed E-state index contributed by atoms with van der Waals surface area (Å²) in [6, 6.07) is 21.7. The Bertz CT molecular complexity index is 675. The Morgan fingerprint density at radius 1 is 0.808 bits per heavy atom. The predicted molar refractivity (Wildman–Crippen MR) is 106 cm³/mol. The fourth-order valence-electron chi connectivity index (χ4n) is 4.52. The topological polar surface area (TPSA) is 27.7 Å². The van der Waals surface area contributed by atoms with Crippen molar-refractivity contribution in [3.05, 3.63) is 60.7 Å². The van der Waals surface area contributed by atoms with Crippen LogP contribution in [0, 0.1) is 0 Å². The first-order valence-corrected chi connectivity index (χ1v) is 11.4. The van der Waals surface area contributed by atoms with Crippen LogP contribution in [0.4, 0.5) is 0 Å². The van der Waals surface area contributed by atoms with E-state index in [1.54, 1.807) is 0 Å². The van der Waals surface area contributed by atoms with E-state index in [2.05, 4.69) is 81.4 Å². The summed E-state index contributed by atoms with van der Waals surface area (Å²) in [4.78, 5) is 0. The van der Waals surface area contributed by atoms with E-state index in [-0.39, 0.29) is 23.4 Å². The fraction of sp³-hybridized carbons (Fsp3) is 0.455. The molecule has 26 heavy (non-hydrogen) atoms. The van der Waals surface area contributed by atoms with Crippen molar-refractivity contribution in [1.29, 1.82) is 0 Å². The molecule has 1 aliphatic heterocycles. The van der Waals surface area contributed by atoms with Crippen LogP contribution >= 0.6 is 0 Å². The van der Waals surface area contributed by atoms with Crippen molar-refractivity contribution in [3.8, 4) is 0 Å². The molecule has 1 saturated heterocycles. The summed E-state index contributed by atoms with van der Waals surface area (Å²) in [5, 5.41) is 2.67. The van der Waals surface area contributed by atoms with Gasteiger partial charge in [0.25, 0.3) is 8.32 Å². The molecule has 2 aromatic carbocycles. The van der Waals surface area contributed by atoms with E-state index in [0.717, 1.165) is 12.8 Å². The molecule has 0 aromatic heterocycles. The molecule has 0 radical (unpaired) electrons. The minimum atomic E-state index is -2.47. The fourth-order valence-corrected chi connectivity index (χ4v) is 9.23. The largest absolute Gasteiger partial charge is 0.404 e. The van der Waals surface area contributed by atoms with Gasteiger partial charge in [0.15, 0.2) is 0 Å². The van der Waals surface area contributed by atoms with Crippen molar-refractivity contribution in [2.75, 3.05) is 6.79 Å². The number of hydrogen-bond acceptors (Lipinski definition) is 3. The molecular formula is C22H28O3Si. The zero-order valence-electron chi connectivity index (χ0n) is 15.9. The van der Waals surface area contributed by atoms with Crippen LogP contribution in [0.5, 0.6) is 0 Å². The van der Waals surface area contributed by atoms with Gasteiger partial charge in [-0.25, -0.2) is 0 Å². The van der Waals surface area contributed by atoms with E-state index in [4.69, 9.17) is 13.9 Å². The highest BCUT2D eigenvalue weighted by Gasteiger charge is 2.53. The molecule has 2 aromatic rings. The monoisotopic (exact) mass is 368 g/mol. The standard InChI is InChI=1S/C22H28O3Si/c1-22(2,3)26(18-10-6-4-7-11-18,19-12-8-5-9-13-19)25-17-14-20-21(15-17)24-16-23-20/h4-13,17,20-21H,14-16H2,1-3H3/t17-,20+,21-. The quantitative estimate of drug-likeness (QED) is 0.774. The molecule has 0 spiro atoms. The molecule has 1 saturated carbocycles. The summed E-state index contributed by atoms with van der Waals surface area (Å²) in [5.74, 6) is 0. The lowest BCUT2D eigenvalue weighted by atomic mass is 10.2. The van der Waals surface area contributed by atoms with Gasteiger partial charge in [0.1, 0.15) is 6.79 Å². The Morgan fingerprint density at radius 2 is 1.27 bits per heavy atom. The first-order valence-electron chi connectivity index (χ1n) is 9.53. The van der Waals surface area contributed by atoms with Crippen LogP contribution in [0.2, 0.25) is 5.04 Å². The molecule has 138 valence electrons. The van der Waals surface area contributed by atoms with Crippen molar-refractivity contribution in [3.63, 3.8) is 0 Å². The van der Waals surface area contributed by atoms with Crippen molar-refractivity contribution in [1.82, 2.24) is 0 Å². The van der Waals surface area contributed by atoms with Gasteiger partial charge < -0.3 is 13.9 Å². The maximum atomic E-state index is 7.15. The highest BCUT2D eigenvalue weighted by molar-refractivity contribution is 6.99. The van der Waals surface area contributed by atoms with E-state index < -0.39 is 8.32 Å². The summed E-state index contributed by atoms with van der Waals surface area (Å²) < 4.78 is 18.6. The van der Waals surface area contributed by atoms with Crippen molar-refractivity contribution in [2.24, 2.45) is 0 Å². The van der Waals surface area contributed by atoms with E-state index >= 15 is 0 Å². The summed E-state index contributed by atoms with van der Waals surface area (Å²) in [6.07, 6.45) is 2.41. The van der Waals surface area contributed by atoms with E-state index in [0.29, 0.717) is 6.79 Å². The maximum Gasteiger partial charge on any atom is 0.261 e. The normalized spacial score (nSPS) is 26.0. The van der Waals surface area contributed by atoms with Crippen LogP contribution < -0.4 is 10.4 Å². The van der Waals surface area contributed by atoms with E-state index in [1.165, 1.54) is 10.4 Å². The predicted octanol–water partition coefficient (Wildman–Crippen LogP) is 3.47. The Morgan fingerprint density at radius 3 is 1.69 bits per heavy atom. The highest BCUT2D eigenvalue weighted by atomic mass is 28.4. The second-order valence-electron chi connectivity index (χ2n) is 8.40. The van der Waals surface area contributed by atoms with Gasteiger partial charge in [0, 0.05) is 12.8 Å². The van der Waals surface area contributed by atoms with Crippen LogP contribution in [0.25, 0.3) is 0 Å². The molecule has 4 heteroatoms. The highest BCUT2D eigenvalue weighted by Crippen LogP contribution is 2.41. The maximum absolute atomic E-state index is 7.15. The van der Waals surface area contributed by atoms with Gasteiger partial charge >= 0.3 is 0 Å². The van der Waals surface area contributed by atoms with Gasteiger partial charge in [-0.2, -0.15) is 0 Å². The Labute approximate surface area is 157 Å². The molecule has 3 atom stereocenters. The van der Waals surface area contributed by atoms with Crippen LogP contribution in [0.1, 0.15) is 33.6 Å². The summed E-state index contributed by atoms with van der Waals surface area (Å²) in [6.45, 7) is 7.40. The number of benzene rings is 2. The molecule has 0 N–H and O–H groups in total. The molecule has 0 amide bonds. The Hall–Kier alpha value is -1.46. The zero-order chi connectivity index (χ0) is 18.2. The first-order chi connectivity index (χ1) is 12.5. The third kappa shape index (κ3) is 3.05. The number of rotatable bonds is 4. The van der Waals surface area contributed by atoms with Crippen LogP contribution in [-0.2, 0) is 13.9 Å². The molecule has 1 heterocycles.